The molecule has 74 valence electrons. The second-order valence-electron chi connectivity index (χ2n) is 3.67. The van der Waals surface area contributed by atoms with Gasteiger partial charge in [-0.25, -0.2) is 4.79 Å². The van der Waals surface area contributed by atoms with E-state index in [1.165, 1.54) is 31.9 Å². The molecule has 1 saturated carbocycles. The molecule has 2 N–H and O–H groups in total. The molecule has 0 amide bonds. The van der Waals surface area contributed by atoms with E-state index in [0.717, 1.165) is 12.0 Å². The fourth-order valence-electron chi connectivity index (χ4n) is 1.86. The van der Waals surface area contributed by atoms with Crippen molar-refractivity contribution < 1.29 is 9.90 Å². The second kappa shape index (κ2) is 4.90. The molecule has 1 atom stereocenters. The van der Waals surface area contributed by atoms with Crippen molar-refractivity contribution in [1.29, 1.82) is 0 Å². The number of nitrogens with one attached hydrogen (secondary N) is 1. The molecule has 1 rings (SSSR count). The van der Waals surface area contributed by atoms with Gasteiger partial charge in [0.05, 0.1) is 0 Å². The molecule has 0 aromatic heterocycles. The summed E-state index contributed by atoms with van der Waals surface area (Å²) >= 11 is 0. The first-order valence-electron chi connectivity index (χ1n) is 4.85. The Balaban J connectivity index is 2.23. The van der Waals surface area contributed by atoms with Crippen LogP contribution in [-0.2, 0) is 4.79 Å². The molecule has 0 aromatic carbocycles. The summed E-state index contributed by atoms with van der Waals surface area (Å²) in [5, 5.41) is 11.5. The van der Waals surface area contributed by atoms with Crippen LogP contribution >= 0.6 is 0 Å². The summed E-state index contributed by atoms with van der Waals surface area (Å²) in [4.78, 5) is 10.2. The van der Waals surface area contributed by atoms with Crippen LogP contribution in [0.5, 0.6) is 0 Å². The maximum Gasteiger partial charge on any atom is 0.329 e. The molecule has 1 aliphatic rings. The van der Waals surface area contributed by atoms with Crippen LogP contribution in [0.3, 0.4) is 0 Å². The fraction of sp³-hybridized carbons (Fsp3) is 0.700. The van der Waals surface area contributed by atoms with Crippen LogP contribution in [0.25, 0.3) is 0 Å². The fourth-order valence-corrected chi connectivity index (χ4v) is 1.86. The lowest BCUT2D eigenvalue weighted by molar-refractivity contribution is -0.131. The predicted octanol–water partition coefficient (Wildman–Crippen LogP) is 1.75. The molecule has 1 fully saturated rings. The van der Waals surface area contributed by atoms with Crippen LogP contribution in [-0.4, -0.2) is 17.1 Å². The van der Waals surface area contributed by atoms with Gasteiger partial charge in [0.2, 0.25) is 0 Å². The lowest BCUT2D eigenvalue weighted by Gasteiger charge is -2.18. The first kappa shape index (κ1) is 10.1. The van der Waals surface area contributed by atoms with Crippen molar-refractivity contribution in [2.75, 3.05) is 0 Å². The Labute approximate surface area is 78.8 Å². The summed E-state index contributed by atoms with van der Waals surface area (Å²) in [6, 6.07) is 0.401. The Morgan fingerprint density at radius 3 is 2.69 bits per heavy atom. The Bertz CT molecular complexity index is 195. The summed E-state index contributed by atoms with van der Waals surface area (Å²) < 4.78 is 0. The van der Waals surface area contributed by atoms with Crippen molar-refractivity contribution in [3.63, 3.8) is 0 Å². The molecule has 1 aliphatic carbocycles. The van der Waals surface area contributed by atoms with Crippen LogP contribution in [0.1, 0.15) is 32.6 Å². The smallest absolute Gasteiger partial charge is 0.329 e. The minimum absolute atomic E-state index is 0.401. The zero-order valence-corrected chi connectivity index (χ0v) is 7.99. The molecule has 0 heterocycles. The number of aliphatic carboxylic acids is 1. The number of hydrogen-bond acceptors (Lipinski definition) is 2. The van der Waals surface area contributed by atoms with Gasteiger partial charge in [-0.05, 0) is 25.7 Å². The number of carbonyl (C=O) groups is 1. The van der Waals surface area contributed by atoms with Gasteiger partial charge in [-0.15, -0.1) is 0 Å². The van der Waals surface area contributed by atoms with Gasteiger partial charge in [-0.3, -0.25) is 0 Å². The lowest BCUT2D eigenvalue weighted by atomic mass is 10.0. The van der Waals surface area contributed by atoms with E-state index >= 15 is 0 Å². The zero-order chi connectivity index (χ0) is 9.68. The highest BCUT2D eigenvalue weighted by atomic mass is 16.4. The van der Waals surface area contributed by atoms with Gasteiger partial charge in [0.15, 0.2) is 0 Å². The van der Waals surface area contributed by atoms with Gasteiger partial charge in [0.1, 0.15) is 0 Å². The Morgan fingerprint density at radius 1 is 1.54 bits per heavy atom. The number of carboxylic acid groups (broad SMARTS) is 1. The Morgan fingerprint density at radius 2 is 2.15 bits per heavy atom. The van der Waals surface area contributed by atoms with Gasteiger partial charge in [0.25, 0.3) is 0 Å². The normalized spacial score (nSPS) is 20.7. The monoisotopic (exact) mass is 183 g/mol. The third kappa shape index (κ3) is 3.49. The standard InChI is InChI=1S/C10H17NO2/c1-8(9-4-2-3-5-9)11-7-6-10(12)13/h6-9,11H,2-5H2,1H3,(H,12,13)/b7-6+/t8-/m0/s1. The van der Waals surface area contributed by atoms with E-state index in [2.05, 4.69) is 12.2 Å². The molecule has 0 aliphatic heterocycles. The van der Waals surface area contributed by atoms with Crippen LogP contribution in [0.2, 0.25) is 0 Å². The molecule has 0 spiro atoms. The number of rotatable bonds is 4. The molecular formula is C10H17NO2. The Kier molecular flexibility index (Phi) is 3.80. The molecule has 3 nitrogen and oxygen atoms in total. The summed E-state index contributed by atoms with van der Waals surface area (Å²) in [6.45, 7) is 2.11. The molecule has 0 radical (unpaired) electrons. The van der Waals surface area contributed by atoms with E-state index in [9.17, 15) is 4.79 Å². The van der Waals surface area contributed by atoms with Crippen molar-refractivity contribution >= 4 is 5.97 Å². The van der Waals surface area contributed by atoms with Gasteiger partial charge in [0, 0.05) is 18.3 Å². The highest BCUT2D eigenvalue weighted by molar-refractivity contribution is 5.79. The Hall–Kier alpha value is -0.990. The topological polar surface area (TPSA) is 49.3 Å². The van der Waals surface area contributed by atoms with Crippen LogP contribution < -0.4 is 5.32 Å². The van der Waals surface area contributed by atoms with Crippen LogP contribution in [0.4, 0.5) is 0 Å². The highest BCUT2D eigenvalue weighted by Crippen LogP contribution is 2.27. The largest absolute Gasteiger partial charge is 0.478 e. The SMILES string of the molecule is C[C@H](N/C=C/C(=O)O)C1CCCC1. The van der Waals surface area contributed by atoms with Gasteiger partial charge >= 0.3 is 5.97 Å². The van der Waals surface area contributed by atoms with Crippen molar-refractivity contribution in [3.05, 3.63) is 12.3 Å². The van der Waals surface area contributed by atoms with E-state index in [-0.39, 0.29) is 0 Å². The lowest BCUT2D eigenvalue weighted by Crippen LogP contribution is -2.28. The van der Waals surface area contributed by atoms with E-state index in [0.29, 0.717) is 6.04 Å². The van der Waals surface area contributed by atoms with Gasteiger partial charge < -0.3 is 10.4 Å². The third-order valence-corrected chi connectivity index (χ3v) is 2.69. The van der Waals surface area contributed by atoms with Crippen molar-refractivity contribution in [2.45, 2.75) is 38.6 Å². The van der Waals surface area contributed by atoms with E-state index in [1.54, 1.807) is 0 Å². The minimum Gasteiger partial charge on any atom is -0.478 e. The van der Waals surface area contributed by atoms with E-state index in [1.807, 2.05) is 0 Å². The molecule has 0 saturated heterocycles. The maximum atomic E-state index is 10.2. The van der Waals surface area contributed by atoms with Crippen LogP contribution in [0, 0.1) is 5.92 Å². The molecule has 0 bridgehead atoms. The summed E-state index contributed by atoms with van der Waals surface area (Å²) in [7, 11) is 0. The average Bonchev–Trinajstić information content (AvgIpc) is 2.55. The molecule has 0 unspecified atom stereocenters. The maximum absolute atomic E-state index is 10.2. The average molecular weight is 183 g/mol. The predicted molar refractivity (Wildman–Crippen MR) is 51.3 cm³/mol. The quantitative estimate of drug-likeness (QED) is 0.653. The summed E-state index contributed by atoms with van der Waals surface area (Å²) in [5.41, 5.74) is 0. The van der Waals surface area contributed by atoms with Gasteiger partial charge in [-0.1, -0.05) is 12.8 Å². The summed E-state index contributed by atoms with van der Waals surface area (Å²) in [6.07, 6.45) is 7.86. The highest BCUT2D eigenvalue weighted by Gasteiger charge is 2.20. The van der Waals surface area contributed by atoms with Crippen molar-refractivity contribution in [1.82, 2.24) is 5.32 Å². The number of hydrogen-bond donors (Lipinski definition) is 2. The number of carboxylic acids is 1. The van der Waals surface area contributed by atoms with Crippen molar-refractivity contribution in [2.24, 2.45) is 5.92 Å². The summed E-state index contributed by atoms with van der Waals surface area (Å²) in [5.74, 6) is -0.176. The third-order valence-electron chi connectivity index (χ3n) is 2.69. The molecular weight excluding hydrogens is 166 g/mol. The van der Waals surface area contributed by atoms with Gasteiger partial charge in [-0.2, -0.15) is 0 Å². The van der Waals surface area contributed by atoms with E-state index in [4.69, 9.17) is 5.11 Å². The molecule has 0 aromatic rings. The first-order chi connectivity index (χ1) is 6.20. The van der Waals surface area contributed by atoms with Crippen LogP contribution in [0.15, 0.2) is 12.3 Å². The van der Waals surface area contributed by atoms with E-state index < -0.39 is 5.97 Å². The first-order valence-corrected chi connectivity index (χ1v) is 4.85. The minimum atomic E-state index is -0.897. The molecule has 3 heteroatoms. The molecule has 13 heavy (non-hydrogen) atoms. The van der Waals surface area contributed by atoms with Crippen molar-refractivity contribution in [3.8, 4) is 0 Å². The second-order valence-corrected chi connectivity index (χ2v) is 3.67. The zero-order valence-electron chi connectivity index (χ0n) is 7.99.